The van der Waals surface area contributed by atoms with Gasteiger partial charge in [0.15, 0.2) is 11.5 Å². The van der Waals surface area contributed by atoms with Gasteiger partial charge in [0.2, 0.25) is 0 Å². The molecule has 3 atom stereocenters. The van der Waals surface area contributed by atoms with Gasteiger partial charge in [0.25, 0.3) is 0 Å². The molecule has 0 radical (unpaired) electrons. The smallest absolute Gasteiger partial charge is 0.161 e. The van der Waals surface area contributed by atoms with Crippen molar-refractivity contribution in [3.63, 3.8) is 0 Å². The summed E-state index contributed by atoms with van der Waals surface area (Å²) in [6.45, 7) is 4.24. The van der Waals surface area contributed by atoms with Crippen LogP contribution in [-0.2, 0) is 0 Å². The average Bonchev–Trinajstić information content (AvgIpc) is 2.47. The van der Waals surface area contributed by atoms with Gasteiger partial charge in [-0.2, -0.15) is 0 Å². The molecule has 3 heteroatoms. The maximum absolute atomic E-state index is 6.18. The zero-order valence-corrected chi connectivity index (χ0v) is 12.9. The molecule has 1 aromatic carbocycles. The Kier molecular flexibility index (Phi) is 5.30. The van der Waals surface area contributed by atoms with Crippen LogP contribution >= 0.6 is 0 Å². The standard InChI is InChI=1S/C17H27NO2/c1-4-13-6-5-7-15(10-13)20-16-9-8-14(12(2)18)11-17(16)19-3/h8-9,11-13,15H,4-7,10,18H2,1-3H3/t12-,13?,15?/m0/s1. The monoisotopic (exact) mass is 277 g/mol. The van der Waals surface area contributed by atoms with E-state index in [1.165, 1.54) is 19.3 Å². The van der Waals surface area contributed by atoms with Crippen molar-refractivity contribution in [3.8, 4) is 11.5 Å². The van der Waals surface area contributed by atoms with Crippen molar-refractivity contribution in [2.45, 2.75) is 58.1 Å². The van der Waals surface area contributed by atoms with Gasteiger partial charge >= 0.3 is 0 Å². The molecule has 0 heterocycles. The Morgan fingerprint density at radius 2 is 2.10 bits per heavy atom. The Bertz CT molecular complexity index is 431. The number of rotatable bonds is 5. The number of hydrogen-bond donors (Lipinski definition) is 1. The molecule has 0 spiro atoms. The van der Waals surface area contributed by atoms with Crippen LogP contribution in [0.1, 0.15) is 57.6 Å². The highest BCUT2D eigenvalue weighted by atomic mass is 16.5. The molecule has 1 saturated carbocycles. The van der Waals surface area contributed by atoms with Crippen molar-refractivity contribution in [3.05, 3.63) is 23.8 Å². The first kappa shape index (κ1) is 15.2. The van der Waals surface area contributed by atoms with Crippen molar-refractivity contribution < 1.29 is 9.47 Å². The summed E-state index contributed by atoms with van der Waals surface area (Å²) in [4.78, 5) is 0. The molecule has 1 aliphatic carbocycles. The first-order valence-corrected chi connectivity index (χ1v) is 7.74. The Balaban J connectivity index is 2.08. The summed E-state index contributed by atoms with van der Waals surface area (Å²) >= 11 is 0. The molecular weight excluding hydrogens is 250 g/mol. The fraction of sp³-hybridized carbons (Fsp3) is 0.647. The third-order valence-corrected chi connectivity index (χ3v) is 4.32. The lowest BCUT2D eigenvalue weighted by Crippen LogP contribution is -2.25. The van der Waals surface area contributed by atoms with E-state index < -0.39 is 0 Å². The number of methoxy groups -OCH3 is 1. The molecule has 0 aliphatic heterocycles. The SMILES string of the molecule is CCC1CCCC(Oc2ccc([C@H](C)N)cc2OC)C1. The van der Waals surface area contributed by atoms with Crippen molar-refractivity contribution in [1.82, 2.24) is 0 Å². The lowest BCUT2D eigenvalue weighted by molar-refractivity contribution is 0.118. The Morgan fingerprint density at radius 1 is 1.30 bits per heavy atom. The van der Waals surface area contributed by atoms with Gasteiger partial charge in [-0.15, -0.1) is 0 Å². The van der Waals surface area contributed by atoms with Crippen molar-refractivity contribution in [2.75, 3.05) is 7.11 Å². The largest absolute Gasteiger partial charge is 0.493 e. The lowest BCUT2D eigenvalue weighted by atomic mass is 9.85. The van der Waals surface area contributed by atoms with E-state index in [0.717, 1.165) is 35.8 Å². The molecule has 2 rings (SSSR count). The second-order valence-electron chi connectivity index (χ2n) is 5.88. The summed E-state index contributed by atoms with van der Waals surface area (Å²) in [7, 11) is 1.68. The predicted octanol–water partition coefficient (Wildman–Crippen LogP) is 4.06. The average molecular weight is 277 g/mol. The van der Waals surface area contributed by atoms with Gasteiger partial charge in [0.05, 0.1) is 13.2 Å². The first-order valence-electron chi connectivity index (χ1n) is 7.74. The van der Waals surface area contributed by atoms with Crippen LogP contribution in [0.4, 0.5) is 0 Å². The van der Waals surface area contributed by atoms with Crippen LogP contribution in [0.15, 0.2) is 18.2 Å². The van der Waals surface area contributed by atoms with Gasteiger partial charge in [-0.25, -0.2) is 0 Å². The fourth-order valence-electron chi connectivity index (χ4n) is 2.96. The van der Waals surface area contributed by atoms with Gasteiger partial charge in [-0.1, -0.05) is 25.8 Å². The normalized spacial score (nSPS) is 24.2. The van der Waals surface area contributed by atoms with E-state index in [1.807, 2.05) is 25.1 Å². The van der Waals surface area contributed by atoms with Crippen LogP contribution in [0.5, 0.6) is 11.5 Å². The van der Waals surface area contributed by atoms with E-state index in [1.54, 1.807) is 7.11 Å². The van der Waals surface area contributed by atoms with Crippen LogP contribution < -0.4 is 15.2 Å². The summed E-state index contributed by atoms with van der Waals surface area (Å²) in [6, 6.07) is 6.02. The van der Waals surface area contributed by atoms with Crippen LogP contribution in [0.3, 0.4) is 0 Å². The van der Waals surface area contributed by atoms with Gasteiger partial charge in [-0.3, -0.25) is 0 Å². The summed E-state index contributed by atoms with van der Waals surface area (Å²) in [5.74, 6) is 2.44. The predicted molar refractivity (Wildman–Crippen MR) is 82.3 cm³/mol. The summed E-state index contributed by atoms with van der Waals surface area (Å²) < 4.78 is 11.6. The van der Waals surface area contributed by atoms with E-state index in [0.29, 0.717) is 6.10 Å². The first-order chi connectivity index (χ1) is 9.63. The minimum atomic E-state index is 0.0112. The third kappa shape index (κ3) is 3.66. The van der Waals surface area contributed by atoms with Gasteiger partial charge in [-0.05, 0) is 49.8 Å². The van der Waals surface area contributed by atoms with Crippen LogP contribution in [0.2, 0.25) is 0 Å². The van der Waals surface area contributed by atoms with Gasteiger partial charge in [0.1, 0.15) is 0 Å². The summed E-state index contributed by atoms with van der Waals surface area (Å²) in [5.41, 5.74) is 6.98. The molecule has 0 amide bonds. The highest BCUT2D eigenvalue weighted by Gasteiger charge is 2.23. The Morgan fingerprint density at radius 3 is 2.75 bits per heavy atom. The molecule has 1 fully saturated rings. The number of hydrogen-bond acceptors (Lipinski definition) is 3. The minimum Gasteiger partial charge on any atom is -0.493 e. The van der Waals surface area contributed by atoms with Crippen LogP contribution in [0, 0.1) is 5.92 Å². The lowest BCUT2D eigenvalue weighted by Gasteiger charge is -2.29. The maximum atomic E-state index is 6.18. The minimum absolute atomic E-state index is 0.0112. The highest BCUT2D eigenvalue weighted by Crippen LogP contribution is 2.34. The summed E-state index contributed by atoms with van der Waals surface area (Å²) in [6.07, 6.45) is 6.49. The zero-order chi connectivity index (χ0) is 14.5. The van der Waals surface area contributed by atoms with Crippen LogP contribution in [-0.4, -0.2) is 13.2 Å². The number of nitrogens with two attached hydrogens (primary N) is 1. The van der Waals surface area contributed by atoms with E-state index in [4.69, 9.17) is 15.2 Å². The number of ether oxygens (including phenoxy) is 2. The van der Waals surface area contributed by atoms with E-state index in [2.05, 4.69) is 6.92 Å². The Labute approximate surface area is 122 Å². The molecule has 112 valence electrons. The zero-order valence-electron chi connectivity index (χ0n) is 12.9. The van der Waals surface area contributed by atoms with Gasteiger partial charge in [0, 0.05) is 6.04 Å². The topological polar surface area (TPSA) is 44.5 Å². The van der Waals surface area contributed by atoms with E-state index in [-0.39, 0.29) is 6.04 Å². The van der Waals surface area contributed by atoms with E-state index in [9.17, 15) is 0 Å². The van der Waals surface area contributed by atoms with Crippen molar-refractivity contribution >= 4 is 0 Å². The molecule has 2 unspecified atom stereocenters. The fourth-order valence-corrected chi connectivity index (χ4v) is 2.96. The highest BCUT2D eigenvalue weighted by molar-refractivity contribution is 5.43. The molecular formula is C17H27NO2. The molecule has 3 nitrogen and oxygen atoms in total. The third-order valence-electron chi connectivity index (χ3n) is 4.32. The number of benzene rings is 1. The molecule has 0 saturated heterocycles. The summed E-state index contributed by atoms with van der Waals surface area (Å²) in [5, 5.41) is 0. The quantitative estimate of drug-likeness (QED) is 0.882. The van der Waals surface area contributed by atoms with Gasteiger partial charge < -0.3 is 15.2 Å². The molecule has 2 N–H and O–H groups in total. The molecule has 20 heavy (non-hydrogen) atoms. The molecule has 1 aliphatic rings. The van der Waals surface area contributed by atoms with Crippen LogP contribution in [0.25, 0.3) is 0 Å². The Hall–Kier alpha value is -1.22. The van der Waals surface area contributed by atoms with Crippen molar-refractivity contribution in [2.24, 2.45) is 11.7 Å². The molecule has 1 aromatic rings. The molecule has 0 bridgehead atoms. The second-order valence-corrected chi connectivity index (χ2v) is 5.88. The molecule has 0 aromatic heterocycles. The second kappa shape index (κ2) is 6.98. The van der Waals surface area contributed by atoms with E-state index >= 15 is 0 Å². The maximum Gasteiger partial charge on any atom is 0.161 e. The van der Waals surface area contributed by atoms with Crippen molar-refractivity contribution in [1.29, 1.82) is 0 Å².